The Labute approximate surface area is 388 Å². The number of fused-ring (bicyclic) bond motifs is 4. The van der Waals surface area contributed by atoms with Crippen LogP contribution in [0.1, 0.15) is 26.3 Å². The maximum absolute atomic E-state index is 5.41. The predicted molar refractivity (Wildman–Crippen MR) is 257 cm³/mol. The van der Waals surface area contributed by atoms with Crippen LogP contribution in [0.15, 0.2) is 176 Å². The van der Waals surface area contributed by atoms with E-state index in [-0.39, 0.29) is 26.5 Å². The number of anilines is 3. The second kappa shape index (κ2) is 16.5. The molecule has 4 heterocycles. The molecule has 0 bridgehead atoms. The molecule has 0 N–H and O–H groups in total. The summed E-state index contributed by atoms with van der Waals surface area (Å²) in [6, 6.07) is 66.4. The van der Waals surface area contributed by atoms with Crippen molar-refractivity contribution in [1.29, 1.82) is 0 Å². The zero-order chi connectivity index (χ0) is 42.7. The summed E-state index contributed by atoms with van der Waals surface area (Å²) in [7, 11) is 2.06. The summed E-state index contributed by atoms with van der Waals surface area (Å²) < 4.78 is 2.21. The first kappa shape index (κ1) is 40.8. The molecular weight excluding hydrogens is 966 g/mol. The Hall–Kier alpha value is -7.21. The fourth-order valence-corrected chi connectivity index (χ4v) is 8.69. The predicted octanol–water partition coefficient (Wildman–Crippen LogP) is 13.3. The number of benzene rings is 7. The number of pyridine rings is 1. The van der Waals surface area contributed by atoms with E-state index in [1.807, 2.05) is 30.5 Å². The molecule has 11 rings (SSSR count). The number of hydrogen-bond donors (Lipinski definition) is 0. The Kier molecular flexibility index (Phi) is 10.5. The third-order valence-electron chi connectivity index (χ3n) is 11.8. The van der Waals surface area contributed by atoms with Gasteiger partial charge in [-0.3, -0.25) is 9.97 Å². The van der Waals surface area contributed by atoms with Crippen molar-refractivity contribution < 1.29 is 21.1 Å². The van der Waals surface area contributed by atoms with Crippen molar-refractivity contribution in [3.05, 3.63) is 200 Å². The number of para-hydroxylation sites is 3. The van der Waals surface area contributed by atoms with Gasteiger partial charge in [0.2, 0.25) is 0 Å². The molecule has 1 aliphatic rings. The van der Waals surface area contributed by atoms with Crippen molar-refractivity contribution in [2.75, 3.05) is 16.8 Å². The minimum absolute atomic E-state index is 0. The molecule has 0 saturated heterocycles. The summed E-state index contributed by atoms with van der Waals surface area (Å²) in [5.41, 5.74) is 12.7. The van der Waals surface area contributed by atoms with Crippen LogP contribution in [0, 0.1) is 18.8 Å². The van der Waals surface area contributed by atoms with E-state index in [0.717, 1.165) is 83.6 Å². The summed E-state index contributed by atoms with van der Waals surface area (Å²) >= 11 is 0. The molecule has 0 fully saturated rings. The van der Waals surface area contributed by atoms with Gasteiger partial charge in [0.05, 0.1) is 11.6 Å². The first-order chi connectivity index (χ1) is 30.8. The Morgan fingerprint density at radius 2 is 1.16 bits per heavy atom. The SMILES string of the molecule is CN1[CH-]N(c2[c-]c(-c3nc(-c4[c-]c5c(cc4)c4ccccc4n5-c4cc(C(C)(C)C)ccn4)nc(-c4c(-c5ccccc5)cccc4-c4ccccc4)n3)ccc2)c2ccccc21.[Pt]. The second-order valence-corrected chi connectivity index (χ2v) is 16.9. The van der Waals surface area contributed by atoms with Crippen LogP contribution >= 0.6 is 0 Å². The van der Waals surface area contributed by atoms with Crippen molar-refractivity contribution in [3.8, 4) is 62.2 Å². The van der Waals surface area contributed by atoms with Gasteiger partial charge in [0.25, 0.3) is 0 Å². The van der Waals surface area contributed by atoms with E-state index in [4.69, 9.17) is 19.9 Å². The summed E-state index contributed by atoms with van der Waals surface area (Å²) in [5, 5.41) is 2.19. The maximum Gasteiger partial charge on any atom is 0.145 e. The van der Waals surface area contributed by atoms with Gasteiger partial charge in [-0.05, 0) is 81.5 Å². The molecule has 0 unspecified atom stereocenters. The Morgan fingerprint density at radius 1 is 0.547 bits per heavy atom. The molecule has 7 nitrogen and oxygen atoms in total. The maximum atomic E-state index is 5.41. The van der Waals surface area contributed by atoms with E-state index >= 15 is 0 Å². The van der Waals surface area contributed by atoms with Crippen LogP contribution in [-0.2, 0) is 26.5 Å². The van der Waals surface area contributed by atoms with Crippen molar-refractivity contribution in [1.82, 2.24) is 24.5 Å². The van der Waals surface area contributed by atoms with Crippen molar-refractivity contribution in [2.45, 2.75) is 26.2 Å². The summed E-state index contributed by atoms with van der Waals surface area (Å²) in [6.45, 7) is 8.77. The van der Waals surface area contributed by atoms with Gasteiger partial charge in [-0.25, -0.2) is 4.98 Å². The van der Waals surface area contributed by atoms with E-state index in [2.05, 4.69) is 207 Å². The molecule has 10 aromatic rings. The number of hydrogen-bond acceptors (Lipinski definition) is 6. The standard InChI is InChI=1S/C56H42N7.Pt/c1-56(2,3)41-31-32-57-51(35-41)63-47-26-12-11-23-45(47)46-30-29-40(34-50(46)63)54-58-53(39-21-15-22-42(33-39)62-36-61(4)48-27-13-14-28-49(48)62)59-55(60-54)52-43(37-17-7-5-8-18-37)24-16-25-44(52)38-19-9-6-10-20-38;/h5-32,35-36H,1-4H3;/q-3;. The summed E-state index contributed by atoms with van der Waals surface area (Å²) in [4.78, 5) is 25.3. The Balaban J connectivity index is 0.00000484. The molecule has 0 atom stereocenters. The molecule has 8 heteroatoms. The largest absolute Gasteiger partial charge is 0.504 e. The molecular formula is C56H42N7Pt-3. The third-order valence-corrected chi connectivity index (χ3v) is 11.8. The summed E-state index contributed by atoms with van der Waals surface area (Å²) in [5.74, 6) is 2.40. The zero-order valence-corrected chi connectivity index (χ0v) is 38.0. The molecule has 3 aromatic heterocycles. The van der Waals surface area contributed by atoms with Gasteiger partial charge >= 0.3 is 0 Å². The van der Waals surface area contributed by atoms with Gasteiger partial charge in [0, 0.05) is 49.7 Å². The van der Waals surface area contributed by atoms with Gasteiger partial charge in [-0.15, -0.1) is 53.6 Å². The van der Waals surface area contributed by atoms with Crippen LogP contribution < -0.4 is 9.80 Å². The second-order valence-electron chi connectivity index (χ2n) is 16.9. The van der Waals surface area contributed by atoms with Crippen LogP contribution in [-0.4, -0.2) is 31.6 Å². The van der Waals surface area contributed by atoms with E-state index in [1.54, 1.807) is 0 Å². The van der Waals surface area contributed by atoms with Crippen molar-refractivity contribution >= 4 is 38.9 Å². The molecule has 314 valence electrons. The minimum Gasteiger partial charge on any atom is -0.504 e. The number of aromatic nitrogens is 5. The van der Waals surface area contributed by atoms with Crippen LogP contribution in [0.3, 0.4) is 0 Å². The molecule has 7 aromatic carbocycles. The van der Waals surface area contributed by atoms with Crippen LogP contribution in [0.2, 0.25) is 0 Å². The average molecular weight is 1010 g/mol. The smallest absolute Gasteiger partial charge is 0.145 e. The van der Waals surface area contributed by atoms with Gasteiger partial charge in [-0.1, -0.05) is 141 Å². The molecule has 0 saturated carbocycles. The molecule has 0 radical (unpaired) electrons. The van der Waals surface area contributed by atoms with Gasteiger partial charge < -0.3 is 19.4 Å². The topological polar surface area (TPSA) is 63.0 Å². The van der Waals surface area contributed by atoms with Crippen LogP contribution in [0.25, 0.3) is 84.0 Å². The molecule has 0 aliphatic carbocycles. The van der Waals surface area contributed by atoms with Gasteiger partial charge in [0.15, 0.2) is 0 Å². The van der Waals surface area contributed by atoms with E-state index in [0.29, 0.717) is 17.5 Å². The average Bonchev–Trinajstić information content (AvgIpc) is 3.85. The normalized spacial score (nSPS) is 12.4. The van der Waals surface area contributed by atoms with Crippen molar-refractivity contribution in [3.63, 3.8) is 0 Å². The Bertz CT molecular complexity index is 3280. The molecule has 1 aliphatic heterocycles. The number of nitrogens with zero attached hydrogens (tertiary/aromatic N) is 7. The molecule has 64 heavy (non-hydrogen) atoms. The fourth-order valence-electron chi connectivity index (χ4n) is 8.69. The Morgan fingerprint density at radius 3 is 1.86 bits per heavy atom. The number of rotatable bonds is 7. The minimum atomic E-state index is -0.0575. The van der Waals surface area contributed by atoms with Crippen LogP contribution in [0.4, 0.5) is 17.1 Å². The van der Waals surface area contributed by atoms with Crippen LogP contribution in [0.5, 0.6) is 0 Å². The fraction of sp³-hybridized carbons (Fsp3) is 0.0893. The first-order valence-corrected chi connectivity index (χ1v) is 21.2. The van der Waals surface area contributed by atoms with E-state index in [1.165, 1.54) is 5.56 Å². The van der Waals surface area contributed by atoms with Crippen molar-refractivity contribution in [2.24, 2.45) is 0 Å². The molecule has 0 spiro atoms. The quantitative estimate of drug-likeness (QED) is 0.148. The van der Waals surface area contributed by atoms with E-state index < -0.39 is 0 Å². The zero-order valence-electron chi connectivity index (χ0n) is 35.8. The monoisotopic (exact) mass is 1010 g/mol. The summed E-state index contributed by atoms with van der Waals surface area (Å²) in [6.07, 6.45) is 1.90. The molecule has 0 amide bonds. The van der Waals surface area contributed by atoms with Gasteiger partial charge in [-0.2, -0.15) is 6.67 Å². The third kappa shape index (κ3) is 7.26. The van der Waals surface area contributed by atoms with Gasteiger partial charge in [0.1, 0.15) is 11.6 Å². The van der Waals surface area contributed by atoms with E-state index in [9.17, 15) is 0 Å². The first-order valence-electron chi connectivity index (χ1n) is 21.2.